The van der Waals surface area contributed by atoms with Crippen molar-refractivity contribution in [2.24, 2.45) is 5.73 Å². The van der Waals surface area contributed by atoms with E-state index < -0.39 is 0 Å². The fraction of sp³-hybridized carbons (Fsp3) is 0.647. The fourth-order valence-electron chi connectivity index (χ4n) is 3.03. The lowest BCUT2D eigenvalue weighted by molar-refractivity contribution is 0.258. The number of piperidine rings is 1. The van der Waals surface area contributed by atoms with Crippen LogP contribution in [0.1, 0.15) is 31.7 Å². The summed E-state index contributed by atoms with van der Waals surface area (Å²) in [5.41, 5.74) is 8.76. The number of hydrogen-bond donors (Lipinski definition) is 1. The third-order valence-electron chi connectivity index (χ3n) is 4.52. The van der Waals surface area contributed by atoms with Crippen LogP contribution in [0, 0.1) is 0 Å². The van der Waals surface area contributed by atoms with Gasteiger partial charge in [0.2, 0.25) is 0 Å². The zero-order chi connectivity index (χ0) is 15.4. The van der Waals surface area contributed by atoms with Crippen LogP contribution in [-0.2, 0) is 6.42 Å². The Balaban J connectivity index is 2.22. The van der Waals surface area contributed by atoms with Crippen molar-refractivity contribution in [3.63, 3.8) is 0 Å². The quantitative estimate of drug-likeness (QED) is 0.907. The van der Waals surface area contributed by atoms with Crippen molar-refractivity contribution in [3.8, 4) is 0 Å². The molecule has 1 fully saturated rings. The highest BCUT2D eigenvalue weighted by Gasteiger charge is 2.23. The first kappa shape index (κ1) is 16.6. The van der Waals surface area contributed by atoms with Gasteiger partial charge in [-0.15, -0.1) is 0 Å². The molecular weight excluding hydrogens is 282 g/mol. The van der Waals surface area contributed by atoms with E-state index in [2.05, 4.69) is 43.0 Å². The minimum Gasteiger partial charge on any atom is -0.370 e. The maximum atomic E-state index is 6.24. The summed E-state index contributed by atoms with van der Waals surface area (Å²) in [7, 11) is 4.33. The molecule has 21 heavy (non-hydrogen) atoms. The van der Waals surface area contributed by atoms with Crippen LogP contribution in [0.5, 0.6) is 0 Å². The predicted octanol–water partition coefficient (Wildman–Crippen LogP) is 3.15. The van der Waals surface area contributed by atoms with Crippen molar-refractivity contribution in [2.75, 3.05) is 32.1 Å². The minimum atomic E-state index is 0.222. The highest BCUT2D eigenvalue weighted by atomic mass is 35.5. The molecule has 4 heteroatoms. The normalized spacial score (nSPS) is 20.9. The molecule has 118 valence electrons. The molecule has 1 aromatic rings. The van der Waals surface area contributed by atoms with Crippen molar-refractivity contribution < 1.29 is 0 Å². The summed E-state index contributed by atoms with van der Waals surface area (Å²) in [4.78, 5) is 4.81. The minimum absolute atomic E-state index is 0.222. The summed E-state index contributed by atoms with van der Waals surface area (Å²) in [6.07, 6.45) is 4.43. The molecule has 0 radical (unpaired) electrons. The highest BCUT2D eigenvalue weighted by molar-refractivity contribution is 6.30. The van der Waals surface area contributed by atoms with Crippen molar-refractivity contribution >= 4 is 17.3 Å². The first-order chi connectivity index (χ1) is 10.0. The molecule has 3 nitrogen and oxygen atoms in total. The second-order valence-corrected chi connectivity index (χ2v) is 6.79. The van der Waals surface area contributed by atoms with Gasteiger partial charge in [0.25, 0.3) is 0 Å². The number of nitrogens with zero attached hydrogens (tertiary/aromatic N) is 2. The lowest BCUT2D eigenvalue weighted by atomic mass is 9.99. The summed E-state index contributed by atoms with van der Waals surface area (Å²) in [5.74, 6) is 0. The van der Waals surface area contributed by atoms with E-state index in [0.29, 0.717) is 6.04 Å². The van der Waals surface area contributed by atoms with Gasteiger partial charge in [0.15, 0.2) is 0 Å². The molecular formula is C17H28ClN3. The maximum absolute atomic E-state index is 6.24. The third-order valence-corrected chi connectivity index (χ3v) is 4.76. The van der Waals surface area contributed by atoms with E-state index in [1.807, 2.05) is 6.07 Å². The van der Waals surface area contributed by atoms with Crippen LogP contribution in [-0.4, -0.2) is 44.2 Å². The molecule has 1 aliphatic heterocycles. The Hall–Kier alpha value is -0.770. The summed E-state index contributed by atoms with van der Waals surface area (Å²) in [5, 5.41) is 0.811. The van der Waals surface area contributed by atoms with E-state index in [0.717, 1.165) is 31.0 Å². The van der Waals surface area contributed by atoms with E-state index in [4.69, 9.17) is 17.3 Å². The fourth-order valence-corrected chi connectivity index (χ4v) is 3.19. The Morgan fingerprint density at radius 1 is 1.43 bits per heavy atom. The Morgan fingerprint density at radius 2 is 2.19 bits per heavy atom. The number of likely N-dealkylation sites (N-methyl/N-ethyl adjacent to an activating group) is 1. The summed E-state index contributed by atoms with van der Waals surface area (Å²) in [6.45, 7) is 4.32. The lowest BCUT2D eigenvalue weighted by Crippen LogP contribution is -2.45. The number of benzene rings is 1. The number of halogens is 1. The third kappa shape index (κ3) is 4.35. The van der Waals surface area contributed by atoms with Gasteiger partial charge in [0.05, 0.1) is 0 Å². The molecule has 2 unspecified atom stereocenters. The van der Waals surface area contributed by atoms with Crippen LogP contribution in [0.3, 0.4) is 0 Å². The Morgan fingerprint density at radius 3 is 2.86 bits per heavy atom. The average Bonchev–Trinajstić information content (AvgIpc) is 2.49. The second-order valence-electron chi connectivity index (χ2n) is 6.35. The molecule has 0 bridgehead atoms. The molecule has 1 saturated heterocycles. The van der Waals surface area contributed by atoms with Crippen molar-refractivity contribution in [1.29, 1.82) is 0 Å². The zero-order valence-electron chi connectivity index (χ0n) is 13.5. The number of anilines is 1. The van der Waals surface area contributed by atoms with Gasteiger partial charge in [0, 0.05) is 35.9 Å². The summed E-state index contributed by atoms with van der Waals surface area (Å²) < 4.78 is 0. The summed E-state index contributed by atoms with van der Waals surface area (Å²) >= 11 is 6.24. The molecule has 2 N–H and O–H groups in total. The number of nitrogens with two attached hydrogens (primary N) is 1. The first-order valence-corrected chi connectivity index (χ1v) is 8.34. The van der Waals surface area contributed by atoms with Gasteiger partial charge in [-0.3, -0.25) is 0 Å². The monoisotopic (exact) mass is 309 g/mol. The molecule has 1 aromatic carbocycles. The van der Waals surface area contributed by atoms with Crippen LogP contribution >= 0.6 is 11.6 Å². The van der Waals surface area contributed by atoms with Gasteiger partial charge >= 0.3 is 0 Å². The van der Waals surface area contributed by atoms with E-state index >= 15 is 0 Å². The van der Waals surface area contributed by atoms with Crippen LogP contribution in [0.25, 0.3) is 0 Å². The van der Waals surface area contributed by atoms with E-state index in [1.54, 1.807) is 0 Å². The average molecular weight is 310 g/mol. The molecule has 1 aliphatic rings. The number of hydrogen-bond acceptors (Lipinski definition) is 3. The second kappa shape index (κ2) is 7.48. The number of rotatable bonds is 5. The van der Waals surface area contributed by atoms with Crippen LogP contribution in [0.4, 0.5) is 5.69 Å². The standard InChI is InChI=1S/C17H28ClN3/c1-4-15(19)10-13-7-8-14(18)11-17(13)21-9-5-6-16(12-21)20(2)3/h7-8,11,15-16H,4-6,9-10,12,19H2,1-3H3. The van der Waals surface area contributed by atoms with Crippen molar-refractivity contribution in [2.45, 2.75) is 44.7 Å². The lowest BCUT2D eigenvalue weighted by Gasteiger charge is -2.38. The topological polar surface area (TPSA) is 32.5 Å². The predicted molar refractivity (Wildman–Crippen MR) is 92.3 cm³/mol. The van der Waals surface area contributed by atoms with Crippen LogP contribution in [0.15, 0.2) is 18.2 Å². The van der Waals surface area contributed by atoms with Crippen molar-refractivity contribution in [1.82, 2.24) is 4.90 Å². The van der Waals surface area contributed by atoms with Gasteiger partial charge in [-0.2, -0.15) is 0 Å². The Kier molecular flexibility index (Phi) is 5.91. The van der Waals surface area contributed by atoms with Crippen LogP contribution in [0.2, 0.25) is 5.02 Å². The van der Waals surface area contributed by atoms with E-state index in [-0.39, 0.29) is 6.04 Å². The molecule has 2 atom stereocenters. The Bertz CT molecular complexity index is 461. The van der Waals surface area contributed by atoms with Gasteiger partial charge < -0.3 is 15.5 Å². The van der Waals surface area contributed by atoms with Crippen LogP contribution < -0.4 is 10.6 Å². The maximum Gasteiger partial charge on any atom is 0.0426 e. The molecule has 1 heterocycles. The van der Waals surface area contributed by atoms with E-state index in [1.165, 1.54) is 24.1 Å². The smallest absolute Gasteiger partial charge is 0.0426 e. The zero-order valence-corrected chi connectivity index (χ0v) is 14.2. The van der Waals surface area contributed by atoms with Gasteiger partial charge in [-0.05, 0) is 57.5 Å². The molecule has 2 rings (SSSR count). The van der Waals surface area contributed by atoms with Crippen molar-refractivity contribution in [3.05, 3.63) is 28.8 Å². The summed E-state index contributed by atoms with van der Waals surface area (Å²) in [6, 6.07) is 7.07. The van der Waals surface area contributed by atoms with Gasteiger partial charge in [-0.1, -0.05) is 24.6 Å². The van der Waals surface area contributed by atoms with E-state index in [9.17, 15) is 0 Å². The molecule has 0 aliphatic carbocycles. The molecule has 0 saturated carbocycles. The SMILES string of the molecule is CCC(N)Cc1ccc(Cl)cc1N1CCCC(N(C)C)C1. The first-order valence-electron chi connectivity index (χ1n) is 7.96. The molecule has 0 aromatic heterocycles. The molecule has 0 amide bonds. The Labute approximate surface area is 134 Å². The van der Waals surface area contributed by atoms with Gasteiger partial charge in [-0.25, -0.2) is 0 Å². The molecule has 0 spiro atoms. The largest absolute Gasteiger partial charge is 0.370 e. The van der Waals surface area contributed by atoms with Gasteiger partial charge in [0.1, 0.15) is 0 Å². The highest BCUT2D eigenvalue weighted by Crippen LogP contribution is 2.29.